The molecule has 1 atom stereocenters. The summed E-state index contributed by atoms with van der Waals surface area (Å²) in [6, 6.07) is 10.3. The molecule has 1 unspecified atom stereocenters. The number of likely N-dealkylation sites (tertiary alicyclic amines) is 1. The second kappa shape index (κ2) is 19.6. The number of aromatic nitrogens is 5. The second-order valence-corrected chi connectivity index (χ2v) is 18.9. The summed E-state index contributed by atoms with van der Waals surface area (Å²) in [5.41, 5.74) is 0.746. The van der Waals surface area contributed by atoms with Gasteiger partial charge in [-0.2, -0.15) is 18.3 Å². The molecular weight excluding hydrogens is 940 g/mol. The lowest BCUT2D eigenvalue weighted by Crippen LogP contribution is -2.54. The minimum atomic E-state index is -4.69. The largest absolute Gasteiger partial charge is 0.494 e. The summed E-state index contributed by atoms with van der Waals surface area (Å²) in [5.74, 6) is -2.05. The molecule has 5 aromatic rings. The van der Waals surface area contributed by atoms with Crippen LogP contribution >= 0.6 is 0 Å². The van der Waals surface area contributed by atoms with Crippen LogP contribution in [0.4, 0.5) is 36.2 Å². The van der Waals surface area contributed by atoms with Crippen LogP contribution in [0.2, 0.25) is 0 Å². The van der Waals surface area contributed by atoms with Crippen molar-refractivity contribution >= 4 is 69.4 Å². The maximum Gasteiger partial charge on any atom is 0.433 e. The van der Waals surface area contributed by atoms with E-state index in [0.717, 1.165) is 102 Å². The van der Waals surface area contributed by atoms with E-state index in [2.05, 4.69) is 50.7 Å². The Morgan fingerprint density at radius 3 is 2.26 bits per heavy atom. The van der Waals surface area contributed by atoms with Gasteiger partial charge in [0.15, 0.2) is 0 Å². The number of piperazine rings is 1. The number of methoxy groups -OCH3 is 1. The van der Waals surface area contributed by atoms with Crippen LogP contribution in [0.25, 0.3) is 10.9 Å². The van der Waals surface area contributed by atoms with Gasteiger partial charge in [-0.25, -0.2) is 15.0 Å². The molecule has 72 heavy (non-hydrogen) atoms. The van der Waals surface area contributed by atoms with Crippen molar-refractivity contribution in [2.75, 3.05) is 88.1 Å². The van der Waals surface area contributed by atoms with Crippen LogP contribution in [-0.2, 0) is 27.1 Å². The van der Waals surface area contributed by atoms with Gasteiger partial charge in [0.25, 0.3) is 17.7 Å². The van der Waals surface area contributed by atoms with E-state index in [1.807, 2.05) is 15.8 Å². The minimum Gasteiger partial charge on any atom is -0.494 e. The summed E-state index contributed by atoms with van der Waals surface area (Å²) in [5, 5.41) is 13.4. The molecule has 0 radical (unpaired) electrons. The van der Waals surface area contributed by atoms with E-state index in [1.54, 1.807) is 42.7 Å². The number of carbonyl (C=O) groups is 6. The average Bonchev–Trinajstić information content (AvgIpc) is 3.90. The Bertz CT molecular complexity index is 2940. The molecule has 20 nitrogen and oxygen atoms in total. The molecule has 376 valence electrons. The van der Waals surface area contributed by atoms with Crippen molar-refractivity contribution in [2.24, 2.45) is 5.41 Å². The third kappa shape index (κ3) is 9.89. The van der Waals surface area contributed by atoms with E-state index in [4.69, 9.17) is 4.74 Å². The molecular formula is C49H52F3N13O7. The van der Waals surface area contributed by atoms with Crippen LogP contribution in [0.3, 0.4) is 0 Å². The van der Waals surface area contributed by atoms with Crippen LogP contribution < -0.4 is 25.6 Å². The Hall–Kier alpha value is -7.53. The summed E-state index contributed by atoms with van der Waals surface area (Å²) in [7, 11) is 1.43. The first-order valence-electron chi connectivity index (χ1n) is 24.0. The topological polar surface area (TPSA) is 220 Å². The number of fused-ring (bicyclic) bond motifs is 2. The zero-order chi connectivity index (χ0) is 50.3. The molecule has 0 aliphatic carbocycles. The molecule has 5 aliphatic rings. The highest BCUT2D eigenvalue weighted by Gasteiger charge is 2.46. The number of hydrogen-bond donors (Lipinski definition) is 3. The lowest BCUT2D eigenvalue weighted by molar-refractivity contribution is -0.141. The van der Waals surface area contributed by atoms with Crippen molar-refractivity contribution < 1.29 is 46.7 Å². The van der Waals surface area contributed by atoms with Gasteiger partial charge in [0.2, 0.25) is 23.7 Å². The summed E-state index contributed by atoms with van der Waals surface area (Å²) < 4.78 is 46.8. The molecule has 10 rings (SSSR count). The zero-order valence-electron chi connectivity index (χ0n) is 39.4. The molecule has 1 spiro atoms. The molecule has 8 heterocycles. The van der Waals surface area contributed by atoms with Crippen molar-refractivity contribution in [3.63, 3.8) is 0 Å². The fourth-order valence-electron chi connectivity index (χ4n) is 10.3. The number of alkyl halides is 3. The van der Waals surface area contributed by atoms with Gasteiger partial charge in [0, 0.05) is 83.0 Å². The first-order chi connectivity index (χ1) is 34.6. The smallest absolute Gasteiger partial charge is 0.433 e. The number of halogens is 3. The number of nitrogens with one attached hydrogen (secondary N) is 3. The van der Waals surface area contributed by atoms with Crippen LogP contribution in [0.1, 0.15) is 75.4 Å². The first kappa shape index (κ1) is 48.1. The molecule has 4 saturated heterocycles. The molecule has 2 aromatic carbocycles. The van der Waals surface area contributed by atoms with E-state index >= 15 is 0 Å². The van der Waals surface area contributed by atoms with E-state index in [9.17, 15) is 41.9 Å². The Labute approximate surface area is 410 Å². The normalized spacial score (nSPS) is 19.7. The molecule has 6 amide bonds. The van der Waals surface area contributed by atoms with Gasteiger partial charge in [0.1, 0.15) is 23.2 Å². The number of rotatable bonds is 12. The van der Waals surface area contributed by atoms with Crippen LogP contribution in [0.5, 0.6) is 5.75 Å². The number of ether oxygens (including phenoxy) is 1. The van der Waals surface area contributed by atoms with Gasteiger partial charge in [-0.05, 0) is 67.9 Å². The fourth-order valence-corrected chi connectivity index (χ4v) is 10.3. The van der Waals surface area contributed by atoms with Gasteiger partial charge in [-0.15, -0.1) is 0 Å². The van der Waals surface area contributed by atoms with Gasteiger partial charge in [-0.3, -0.25) is 53.5 Å². The number of carbonyl (C=O) groups excluding carboxylic acids is 6. The van der Waals surface area contributed by atoms with Crippen molar-refractivity contribution in [2.45, 2.75) is 57.3 Å². The number of imide groups is 2. The third-order valence-electron chi connectivity index (χ3n) is 14.5. The number of piperidine rings is 3. The van der Waals surface area contributed by atoms with Gasteiger partial charge >= 0.3 is 6.18 Å². The fraction of sp³-hybridized carbons (Fsp3) is 0.429. The van der Waals surface area contributed by atoms with Crippen LogP contribution in [-0.4, -0.2) is 158 Å². The molecule has 23 heteroatoms. The average molecular weight is 992 g/mol. The SMILES string of the molecule is COc1cc2nn(CCN3CCN(CC(=O)N4CCC5(CC4)CCN(c4ncc(Nc6cccc7c6C(=O)N(C6CCC(=O)NC6=O)C7=O)cn4)CC5)CC3)cc2cc1NC(=O)c1cccc(C(F)(F)F)n1. The van der Waals surface area contributed by atoms with Crippen molar-refractivity contribution in [1.29, 1.82) is 0 Å². The number of nitrogens with zero attached hydrogens (tertiary/aromatic N) is 10. The lowest BCUT2D eigenvalue weighted by atomic mass is 9.71. The zero-order valence-corrected chi connectivity index (χ0v) is 39.4. The summed E-state index contributed by atoms with van der Waals surface area (Å²) in [6.07, 6.45) is 4.34. The van der Waals surface area contributed by atoms with E-state index in [1.165, 1.54) is 13.2 Å². The van der Waals surface area contributed by atoms with E-state index in [0.29, 0.717) is 47.1 Å². The number of amides is 6. The predicted octanol–water partition coefficient (Wildman–Crippen LogP) is 4.17. The maximum absolute atomic E-state index is 13.5. The monoisotopic (exact) mass is 991 g/mol. The molecule has 3 aromatic heterocycles. The van der Waals surface area contributed by atoms with Gasteiger partial charge < -0.3 is 25.2 Å². The second-order valence-electron chi connectivity index (χ2n) is 18.9. The lowest BCUT2D eigenvalue weighted by Gasteiger charge is -2.47. The molecule has 4 fully saturated rings. The van der Waals surface area contributed by atoms with Crippen LogP contribution in [0.15, 0.2) is 67.1 Å². The van der Waals surface area contributed by atoms with Crippen molar-refractivity contribution in [3.05, 3.63) is 89.6 Å². The highest BCUT2D eigenvalue weighted by Crippen LogP contribution is 2.42. The summed E-state index contributed by atoms with van der Waals surface area (Å²) in [4.78, 5) is 99.8. The highest BCUT2D eigenvalue weighted by molar-refractivity contribution is 6.25. The quantitative estimate of drug-likeness (QED) is 0.149. The molecule has 0 saturated carbocycles. The van der Waals surface area contributed by atoms with Crippen molar-refractivity contribution in [1.82, 2.24) is 49.6 Å². The predicted molar refractivity (Wildman–Crippen MR) is 254 cm³/mol. The Kier molecular flexibility index (Phi) is 13.1. The minimum absolute atomic E-state index is 0.0361. The summed E-state index contributed by atoms with van der Waals surface area (Å²) in [6.45, 7) is 7.86. The number of pyridine rings is 1. The van der Waals surface area contributed by atoms with Crippen molar-refractivity contribution in [3.8, 4) is 5.75 Å². The number of anilines is 4. The third-order valence-corrected chi connectivity index (χ3v) is 14.5. The Balaban J connectivity index is 0.650. The van der Waals surface area contributed by atoms with E-state index < -0.39 is 47.4 Å². The molecule has 5 aliphatic heterocycles. The highest BCUT2D eigenvalue weighted by atomic mass is 19.4. The van der Waals surface area contributed by atoms with Gasteiger partial charge in [0.05, 0.1) is 66.3 Å². The van der Waals surface area contributed by atoms with Crippen LogP contribution in [0, 0.1) is 5.41 Å². The molecule has 3 N–H and O–H groups in total. The van der Waals surface area contributed by atoms with E-state index in [-0.39, 0.29) is 46.7 Å². The van der Waals surface area contributed by atoms with Gasteiger partial charge in [-0.1, -0.05) is 12.1 Å². The Morgan fingerprint density at radius 1 is 0.847 bits per heavy atom. The standard InChI is InChI=1S/C49H52F3N13O7/c1-72-38-25-35-30(24-36(38)57-43(68)34-6-3-7-39(56-34)49(50,51)52)28-64(59-35)23-22-60-18-20-61(21-19-60)29-41(67)62-14-10-48(11-15-62)12-16-63(17-13-48)47-53-26-31(27-54-47)55-33-5-2-4-32-42(33)46(71)65(45(32)70)37-8-9-40(66)58-44(37)69/h2-7,24-28,37,55H,8-23,29H2,1H3,(H,57,68)(H,58,66,69). The first-order valence-corrected chi connectivity index (χ1v) is 24.0. The Morgan fingerprint density at radius 2 is 1.56 bits per heavy atom. The number of benzene rings is 2. The molecule has 0 bridgehead atoms. The number of hydrogen-bond acceptors (Lipinski definition) is 15. The maximum atomic E-state index is 13.5. The summed E-state index contributed by atoms with van der Waals surface area (Å²) >= 11 is 0.